The van der Waals surface area contributed by atoms with Crippen molar-refractivity contribution in [2.24, 2.45) is 0 Å². The molecule has 2 aromatic rings. The summed E-state index contributed by atoms with van der Waals surface area (Å²) < 4.78 is 19.1. The Bertz CT molecular complexity index is 877. The van der Waals surface area contributed by atoms with E-state index in [4.69, 9.17) is 4.74 Å². The predicted molar refractivity (Wildman–Crippen MR) is 100 cm³/mol. The van der Waals surface area contributed by atoms with E-state index in [1.165, 1.54) is 17.8 Å². The third-order valence-corrected chi connectivity index (χ3v) is 5.04. The second-order valence-electron chi connectivity index (χ2n) is 5.65. The van der Waals surface area contributed by atoms with Gasteiger partial charge in [0.15, 0.2) is 0 Å². The monoisotopic (exact) mass is 371 g/mol. The third kappa shape index (κ3) is 3.37. The zero-order valence-corrected chi connectivity index (χ0v) is 15.3. The van der Waals surface area contributed by atoms with Crippen molar-refractivity contribution in [3.8, 4) is 5.75 Å². The molecule has 1 aliphatic rings. The van der Waals surface area contributed by atoms with Gasteiger partial charge in [0, 0.05) is 5.56 Å². The fourth-order valence-corrected chi connectivity index (χ4v) is 3.66. The average molecular weight is 371 g/mol. The molecule has 26 heavy (non-hydrogen) atoms. The van der Waals surface area contributed by atoms with Crippen molar-refractivity contribution in [3.63, 3.8) is 0 Å². The van der Waals surface area contributed by atoms with E-state index in [1.54, 1.807) is 49.6 Å². The number of hydrogen-bond acceptors (Lipinski definition) is 4. The molecule has 3 rings (SSSR count). The van der Waals surface area contributed by atoms with Crippen LogP contribution in [0.5, 0.6) is 5.75 Å². The predicted octanol–water partition coefficient (Wildman–Crippen LogP) is 3.87. The number of carbonyl (C=O) groups excluding carboxylic acids is 2. The quantitative estimate of drug-likeness (QED) is 0.724. The first-order chi connectivity index (χ1) is 12.6. The van der Waals surface area contributed by atoms with Crippen LogP contribution in [0, 0.1) is 5.82 Å². The molecule has 1 aliphatic heterocycles. The average Bonchev–Trinajstić information content (AvgIpc) is 2.88. The lowest BCUT2D eigenvalue weighted by Gasteiger charge is -2.15. The molecule has 0 bridgehead atoms. The van der Waals surface area contributed by atoms with Crippen molar-refractivity contribution in [2.45, 2.75) is 13.5 Å². The summed E-state index contributed by atoms with van der Waals surface area (Å²) in [4.78, 5) is 27.3. The van der Waals surface area contributed by atoms with Gasteiger partial charge in [-0.15, -0.1) is 11.8 Å². The van der Waals surface area contributed by atoms with Gasteiger partial charge in [0.05, 0.1) is 24.1 Å². The molecule has 1 heterocycles. The molecular formula is C20H18FNO3S. The highest BCUT2D eigenvalue weighted by molar-refractivity contribution is 8.04. The highest BCUT2D eigenvalue weighted by Gasteiger charge is 2.39. The van der Waals surface area contributed by atoms with Crippen LogP contribution >= 0.6 is 11.8 Å². The number of rotatable bonds is 6. The van der Waals surface area contributed by atoms with Gasteiger partial charge in [-0.1, -0.05) is 37.3 Å². The van der Waals surface area contributed by atoms with Crippen LogP contribution in [0.3, 0.4) is 0 Å². The smallest absolute Gasteiger partial charge is 0.268 e. The third-order valence-electron chi connectivity index (χ3n) is 4.08. The maximum absolute atomic E-state index is 14.0. The minimum Gasteiger partial charge on any atom is -0.497 e. The van der Waals surface area contributed by atoms with E-state index < -0.39 is 11.7 Å². The Labute approximate surface area is 155 Å². The summed E-state index contributed by atoms with van der Waals surface area (Å²) in [5, 5.41) is 0. The molecule has 0 saturated carbocycles. The van der Waals surface area contributed by atoms with E-state index in [2.05, 4.69) is 0 Å². The van der Waals surface area contributed by atoms with Gasteiger partial charge < -0.3 is 4.74 Å². The number of imide groups is 1. The molecule has 0 aliphatic carbocycles. The Hall–Kier alpha value is -2.60. The molecule has 0 unspecified atom stereocenters. The number of ether oxygens (including phenoxy) is 1. The zero-order valence-electron chi connectivity index (χ0n) is 14.5. The van der Waals surface area contributed by atoms with E-state index in [1.807, 2.05) is 6.92 Å². The highest BCUT2D eigenvalue weighted by Crippen LogP contribution is 2.37. The molecule has 0 atom stereocenters. The van der Waals surface area contributed by atoms with Crippen molar-refractivity contribution in [1.29, 1.82) is 0 Å². The second-order valence-corrected chi connectivity index (χ2v) is 6.93. The van der Waals surface area contributed by atoms with Crippen molar-refractivity contribution < 1.29 is 18.7 Å². The minimum absolute atomic E-state index is 0.0855. The van der Waals surface area contributed by atoms with Crippen molar-refractivity contribution in [3.05, 3.63) is 70.4 Å². The van der Waals surface area contributed by atoms with Gasteiger partial charge in [-0.2, -0.15) is 0 Å². The molecule has 0 radical (unpaired) electrons. The first-order valence-corrected chi connectivity index (χ1v) is 9.16. The summed E-state index contributed by atoms with van der Waals surface area (Å²) in [5.74, 6) is 0.103. The number of amides is 2. The van der Waals surface area contributed by atoms with Gasteiger partial charge in [-0.05, 0) is 29.5 Å². The molecule has 0 spiro atoms. The Kier molecular flexibility index (Phi) is 5.42. The lowest BCUT2D eigenvalue weighted by Crippen LogP contribution is -2.31. The van der Waals surface area contributed by atoms with Crippen molar-refractivity contribution in [1.82, 2.24) is 4.90 Å². The lowest BCUT2D eigenvalue weighted by atomic mass is 10.1. The molecule has 134 valence electrons. The molecule has 0 saturated heterocycles. The van der Waals surface area contributed by atoms with Gasteiger partial charge >= 0.3 is 0 Å². The first kappa shape index (κ1) is 18.2. The maximum Gasteiger partial charge on any atom is 0.268 e. The van der Waals surface area contributed by atoms with E-state index in [-0.39, 0.29) is 12.5 Å². The van der Waals surface area contributed by atoms with E-state index >= 15 is 0 Å². The fraction of sp³-hybridized carbons (Fsp3) is 0.200. The Morgan fingerprint density at radius 3 is 2.35 bits per heavy atom. The molecular weight excluding hydrogens is 353 g/mol. The Balaban J connectivity index is 1.97. The van der Waals surface area contributed by atoms with Gasteiger partial charge in [0.25, 0.3) is 11.8 Å². The van der Waals surface area contributed by atoms with Crippen LogP contribution in [0.2, 0.25) is 0 Å². The highest BCUT2D eigenvalue weighted by atomic mass is 32.2. The number of carbonyl (C=O) groups is 2. The molecule has 2 aromatic carbocycles. The van der Waals surface area contributed by atoms with Gasteiger partial charge in [0.1, 0.15) is 11.6 Å². The van der Waals surface area contributed by atoms with Crippen molar-refractivity contribution in [2.75, 3.05) is 12.9 Å². The van der Waals surface area contributed by atoms with Crippen LogP contribution in [0.25, 0.3) is 5.57 Å². The van der Waals surface area contributed by atoms with Crippen LogP contribution in [0.4, 0.5) is 4.39 Å². The minimum atomic E-state index is -0.435. The summed E-state index contributed by atoms with van der Waals surface area (Å²) in [6.45, 7) is 1.83. The topological polar surface area (TPSA) is 46.6 Å². The molecule has 0 fully saturated rings. The van der Waals surface area contributed by atoms with E-state index in [0.717, 1.165) is 4.90 Å². The zero-order chi connectivity index (χ0) is 18.7. The number of benzene rings is 2. The largest absolute Gasteiger partial charge is 0.497 e. The summed E-state index contributed by atoms with van der Waals surface area (Å²) in [6.07, 6.45) is 0. The molecule has 0 aromatic heterocycles. The summed E-state index contributed by atoms with van der Waals surface area (Å²) in [7, 11) is 1.56. The fourth-order valence-electron chi connectivity index (χ4n) is 2.78. The summed E-state index contributed by atoms with van der Waals surface area (Å²) >= 11 is 1.32. The summed E-state index contributed by atoms with van der Waals surface area (Å²) in [6, 6.07) is 13.1. The van der Waals surface area contributed by atoms with Crippen LogP contribution < -0.4 is 4.74 Å². The normalized spacial score (nSPS) is 14.3. The maximum atomic E-state index is 14.0. The van der Waals surface area contributed by atoms with Gasteiger partial charge in [-0.3, -0.25) is 14.5 Å². The SMILES string of the molecule is CCSC1=C(c2ccc(OC)cc2)C(=O)N(Cc2ccccc2F)C1=O. The molecule has 0 N–H and O–H groups in total. The summed E-state index contributed by atoms with van der Waals surface area (Å²) in [5.41, 5.74) is 1.32. The standard InChI is InChI=1S/C20H18FNO3S/c1-3-26-18-17(13-8-10-15(25-2)11-9-13)19(23)22(20(18)24)12-14-6-4-5-7-16(14)21/h4-11H,3,12H2,1-2H3. The van der Waals surface area contributed by atoms with Gasteiger partial charge in [0.2, 0.25) is 0 Å². The lowest BCUT2D eigenvalue weighted by molar-refractivity contribution is -0.137. The Morgan fingerprint density at radius 1 is 1.04 bits per heavy atom. The Morgan fingerprint density at radius 2 is 1.73 bits per heavy atom. The molecule has 4 nitrogen and oxygen atoms in total. The molecule has 6 heteroatoms. The number of nitrogens with zero attached hydrogens (tertiary/aromatic N) is 1. The number of halogens is 1. The van der Waals surface area contributed by atoms with Crippen LogP contribution in [-0.2, 0) is 16.1 Å². The number of methoxy groups -OCH3 is 1. The van der Waals surface area contributed by atoms with Crippen LogP contribution in [0.1, 0.15) is 18.1 Å². The first-order valence-electron chi connectivity index (χ1n) is 8.18. The van der Waals surface area contributed by atoms with Gasteiger partial charge in [-0.25, -0.2) is 4.39 Å². The van der Waals surface area contributed by atoms with Crippen molar-refractivity contribution >= 4 is 29.1 Å². The van der Waals surface area contributed by atoms with Crippen LogP contribution in [0.15, 0.2) is 53.4 Å². The number of hydrogen-bond donors (Lipinski definition) is 0. The van der Waals surface area contributed by atoms with Crippen LogP contribution in [-0.4, -0.2) is 29.6 Å². The second kappa shape index (κ2) is 7.74. The van der Waals surface area contributed by atoms with E-state index in [0.29, 0.717) is 33.1 Å². The van der Waals surface area contributed by atoms with E-state index in [9.17, 15) is 14.0 Å². The molecule has 2 amide bonds. The number of thioether (sulfide) groups is 1.